The summed E-state index contributed by atoms with van der Waals surface area (Å²) in [7, 11) is 0. The van der Waals surface area contributed by atoms with Gasteiger partial charge in [0.15, 0.2) is 0 Å². The Kier molecular flexibility index (Phi) is 3.39. The van der Waals surface area contributed by atoms with E-state index in [0.29, 0.717) is 18.2 Å². The zero-order valence-corrected chi connectivity index (χ0v) is 13.7. The minimum atomic E-state index is -0.745. The van der Waals surface area contributed by atoms with Gasteiger partial charge in [0.1, 0.15) is 12.7 Å². The van der Waals surface area contributed by atoms with E-state index in [1.54, 1.807) is 10.7 Å². The number of rotatable bonds is 3. The fourth-order valence-electron chi connectivity index (χ4n) is 2.93. The molecule has 2 aromatic heterocycles. The second-order valence-electron chi connectivity index (χ2n) is 6.64. The molecule has 1 aromatic carbocycles. The SMILES string of the molecule is CC1(C)COC(c2cnn3c(C(O)c4ccccc4)cccc23)=N1. The minimum absolute atomic E-state index is 0.218. The van der Waals surface area contributed by atoms with Crippen LogP contribution in [0.1, 0.15) is 36.8 Å². The first-order valence-corrected chi connectivity index (χ1v) is 7.98. The van der Waals surface area contributed by atoms with Gasteiger partial charge in [-0.1, -0.05) is 36.4 Å². The van der Waals surface area contributed by atoms with E-state index < -0.39 is 6.10 Å². The number of aromatic nitrogens is 2. The van der Waals surface area contributed by atoms with Crippen LogP contribution in [0.25, 0.3) is 5.52 Å². The predicted molar refractivity (Wildman–Crippen MR) is 92.3 cm³/mol. The van der Waals surface area contributed by atoms with Crippen LogP contribution in [-0.2, 0) is 4.74 Å². The van der Waals surface area contributed by atoms with Gasteiger partial charge in [0.25, 0.3) is 0 Å². The van der Waals surface area contributed by atoms with E-state index in [0.717, 1.165) is 16.6 Å². The van der Waals surface area contributed by atoms with Crippen molar-refractivity contribution in [1.29, 1.82) is 0 Å². The summed E-state index contributed by atoms with van der Waals surface area (Å²) in [4.78, 5) is 4.62. The summed E-state index contributed by atoms with van der Waals surface area (Å²) in [6.07, 6.45) is 1.00. The Bertz CT molecular complexity index is 913. The summed E-state index contributed by atoms with van der Waals surface area (Å²) in [5.41, 5.74) is 3.05. The average Bonchev–Trinajstić information content (AvgIpc) is 3.17. The maximum atomic E-state index is 10.7. The molecule has 3 aromatic rings. The molecule has 0 saturated heterocycles. The Hall–Kier alpha value is -2.66. The molecular weight excluding hydrogens is 302 g/mol. The number of pyridine rings is 1. The Morgan fingerprint density at radius 2 is 1.92 bits per heavy atom. The van der Waals surface area contributed by atoms with Crippen molar-refractivity contribution in [3.05, 3.63) is 71.5 Å². The van der Waals surface area contributed by atoms with E-state index in [-0.39, 0.29) is 5.54 Å². The van der Waals surface area contributed by atoms with Crippen molar-refractivity contribution in [3.63, 3.8) is 0 Å². The molecule has 0 aliphatic carbocycles. The molecule has 1 unspecified atom stereocenters. The topological polar surface area (TPSA) is 59.1 Å². The van der Waals surface area contributed by atoms with E-state index in [4.69, 9.17) is 4.74 Å². The van der Waals surface area contributed by atoms with Gasteiger partial charge in [-0.15, -0.1) is 0 Å². The van der Waals surface area contributed by atoms with Crippen LogP contribution >= 0.6 is 0 Å². The number of ether oxygens (including phenoxy) is 1. The zero-order chi connectivity index (χ0) is 16.7. The van der Waals surface area contributed by atoms with Gasteiger partial charge in [-0.3, -0.25) is 0 Å². The van der Waals surface area contributed by atoms with Crippen LogP contribution in [0, 0.1) is 0 Å². The molecule has 0 bridgehead atoms. The average molecular weight is 321 g/mol. The highest BCUT2D eigenvalue weighted by Gasteiger charge is 2.29. The largest absolute Gasteiger partial charge is 0.475 e. The summed E-state index contributed by atoms with van der Waals surface area (Å²) in [5, 5.41) is 15.2. The smallest absolute Gasteiger partial charge is 0.220 e. The van der Waals surface area contributed by atoms with Gasteiger partial charge >= 0.3 is 0 Å². The first-order chi connectivity index (χ1) is 11.6. The molecule has 5 nitrogen and oxygen atoms in total. The molecule has 4 rings (SSSR count). The highest BCUT2D eigenvalue weighted by molar-refractivity contribution is 6.01. The molecule has 0 fully saturated rings. The Morgan fingerprint density at radius 3 is 2.62 bits per heavy atom. The molecule has 24 heavy (non-hydrogen) atoms. The molecule has 3 heterocycles. The molecule has 1 atom stereocenters. The standard InChI is InChI=1S/C19H19N3O2/c1-19(2)12-24-18(21-19)14-11-20-22-15(14)9-6-10-16(22)17(23)13-7-4-3-5-8-13/h3-11,17,23H,12H2,1-2H3. The highest BCUT2D eigenvalue weighted by Crippen LogP contribution is 2.26. The minimum Gasteiger partial charge on any atom is -0.475 e. The van der Waals surface area contributed by atoms with Crippen molar-refractivity contribution in [2.45, 2.75) is 25.5 Å². The van der Waals surface area contributed by atoms with E-state index in [1.807, 2.05) is 62.4 Å². The monoisotopic (exact) mass is 321 g/mol. The maximum Gasteiger partial charge on any atom is 0.220 e. The van der Waals surface area contributed by atoms with Crippen LogP contribution in [0.4, 0.5) is 0 Å². The van der Waals surface area contributed by atoms with E-state index in [2.05, 4.69) is 10.1 Å². The lowest BCUT2D eigenvalue weighted by Crippen LogP contribution is -2.17. The summed E-state index contributed by atoms with van der Waals surface area (Å²) >= 11 is 0. The van der Waals surface area contributed by atoms with E-state index in [9.17, 15) is 5.11 Å². The summed E-state index contributed by atoms with van der Waals surface area (Å²) in [6, 6.07) is 15.3. The van der Waals surface area contributed by atoms with Crippen molar-refractivity contribution < 1.29 is 9.84 Å². The molecule has 5 heteroatoms. The summed E-state index contributed by atoms with van der Waals surface area (Å²) < 4.78 is 7.49. The summed E-state index contributed by atoms with van der Waals surface area (Å²) in [6.45, 7) is 4.64. The Morgan fingerprint density at radius 1 is 1.12 bits per heavy atom. The lowest BCUT2D eigenvalue weighted by molar-refractivity contribution is 0.212. The number of hydrogen-bond acceptors (Lipinski definition) is 4. The molecule has 0 saturated carbocycles. The third-order valence-electron chi connectivity index (χ3n) is 4.16. The van der Waals surface area contributed by atoms with Gasteiger partial charge < -0.3 is 9.84 Å². The normalized spacial score (nSPS) is 17.5. The van der Waals surface area contributed by atoms with Crippen molar-refractivity contribution >= 4 is 11.4 Å². The number of hydrogen-bond donors (Lipinski definition) is 1. The molecule has 0 radical (unpaired) electrons. The second-order valence-corrected chi connectivity index (χ2v) is 6.64. The van der Waals surface area contributed by atoms with Gasteiger partial charge in [-0.2, -0.15) is 5.10 Å². The van der Waals surface area contributed by atoms with Crippen molar-refractivity contribution in [2.24, 2.45) is 4.99 Å². The first-order valence-electron chi connectivity index (χ1n) is 7.98. The number of aliphatic hydroxyl groups excluding tert-OH is 1. The first kappa shape index (κ1) is 14.9. The molecule has 1 aliphatic rings. The Balaban J connectivity index is 1.80. The molecule has 0 amide bonds. The zero-order valence-electron chi connectivity index (χ0n) is 13.7. The molecular formula is C19H19N3O2. The molecule has 1 aliphatic heterocycles. The maximum absolute atomic E-state index is 10.7. The Labute approximate surface area is 140 Å². The predicted octanol–water partition coefficient (Wildman–Crippen LogP) is 2.97. The van der Waals surface area contributed by atoms with Crippen LogP contribution < -0.4 is 0 Å². The molecule has 1 N–H and O–H groups in total. The van der Waals surface area contributed by atoms with Crippen LogP contribution in [0.15, 0.2) is 59.7 Å². The summed E-state index contributed by atoms with van der Waals surface area (Å²) in [5.74, 6) is 0.612. The van der Waals surface area contributed by atoms with Gasteiger partial charge in [-0.05, 0) is 31.5 Å². The number of nitrogens with zero attached hydrogens (tertiary/aromatic N) is 3. The van der Waals surface area contributed by atoms with Gasteiger partial charge in [-0.25, -0.2) is 9.51 Å². The van der Waals surface area contributed by atoms with Crippen LogP contribution in [0.3, 0.4) is 0 Å². The number of benzene rings is 1. The van der Waals surface area contributed by atoms with E-state index >= 15 is 0 Å². The number of aliphatic hydroxyl groups is 1. The number of fused-ring (bicyclic) bond motifs is 1. The van der Waals surface area contributed by atoms with Crippen LogP contribution in [-0.4, -0.2) is 32.8 Å². The third-order valence-corrected chi connectivity index (χ3v) is 4.16. The third kappa shape index (κ3) is 2.47. The van der Waals surface area contributed by atoms with Crippen LogP contribution in [0.2, 0.25) is 0 Å². The fourth-order valence-corrected chi connectivity index (χ4v) is 2.93. The quantitative estimate of drug-likeness (QED) is 0.807. The molecule has 0 spiro atoms. The van der Waals surface area contributed by atoms with Gasteiger partial charge in [0.05, 0.1) is 28.5 Å². The highest BCUT2D eigenvalue weighted by atomic mass is 16.5. The molecule has 122 valence electrons. The van der Waals surface area contributed by atoms with Crippen molar-refractivity contribution in [1.82, 2.24) is 9.61 Å². The van der Waals surface area contributed by atoms with Crippen molar-refractivity contribution in [2.75, 3.05) is 6.61 Å². The second kappa shape index (κ2) is 5.46. The van der Waals surface area contributed by atoms with E-state index in [1.165, 1.54) is 0 Å². The number of aliphatic imine (C=N–C) groups is 1. The van der Waals surface area contributed by atoms with Gasteiger partial charge in [0.2, 0.25) is 5.90 Å². The van der Waals surface area contributed by atoms with Crippen LogP contribution in [0.5, 0.6) is 0 Å². The van der Waals surface area contributed by atoms with Crippen molar-refractivity contribution in [3.8, 4) is 0 Å². The lowest BCUT2D eigenvalue weighted by atomic mass is 10.1. The fraction of sp³-hybridized carbons (Fsp3) is 0.263. The lowest BCUT2D eigenvalue weighted by Gasteiger charge is -2.13. The van der Waals surface area contributed by atoms with Gasteiger partial charge in [0, 0.05) is 0 Å².